The van der Waals surface area contributed by atoms with Crippen LogP contribution in [0, 0.1) is 29.6 Å². The van der Waals surface area contributed by atoms with E-state index in [-0.39, 0.29) is 28.3 Å². The van der Waals surface area contributed by atoms with Gasteiger partial charge in [0.1, 0.15) is 17.8 Å². The molecule has 0 radical (unpaired) electrons. The van der Waals surface area contributed by atoms with Gasteiger partial charge in [-0.15, -0.1) is 0 Å². The fourth-order valence-electron chi connectivity index (χ4n) is 4.14. The summed E-state index contributed by atoms with van der Waals surface area (Å²) in [6.45, 7) is 8.10. The van der Waals surface area contributed by atoms with Gasteiger partial charge in [0, 0.05) is 11.1 Å². The van der Waals surface area contributed by atoms with E-state index in [1.54, 1.807) is 6.07 Å². The van der Waals surface area contributed by atoms with E-state index in [1.807, 2.05) is 13.8 Å². The topological polar surface area (TPSA) is 59.9 Å². The Bertz CT molecular complexity index is 608. The molecule has 3 unspecified atom stereocenters. The molecule has 0 saturated heterocycles. The van der Waals surface area contributed by atoms with Crippen LogP contribution in [0.4, 0.5) is 0 Å². The molecule has 4 nitrogen and oxygen atoms in total. The maximum atomic E-state index is 12.7. The van der Waals surface area contributed by atoms with Crippen LogP contribution in [0.15, 0.2) is 12.4 Å². The van der Waals surface area contributed by atoms with Gasteiger partial charge in [-0.1, -0.05) is 20.8 Å². The summed E-state index contributed by atoms with van der Waals surface area (Å²) in [7, 11) is 0. The lowest BCUT2D eigenvalue weighted by Gasteiger charge is -2.32. The Kier molecular flexibility index (Phi) is 2.66. The maximum absolute atomic E-state index is 12.7. The van der Waals surface area contributed by atoms with E-state index >= 15 is 0 Å². The van der Waals surface area contributed by atoms with Gasteiger partial charge in [0.05, 0.1) is 5.92 Å². The Morgan fingerprint density at radius 3 is 2.55 bits per heavy atom. The van der Waals surface area contributed by atoms with Gasteiger partial charge in [0.15, 0.2) is 5.78 Å². The van der Waals surface area contributed by atoms with Gasteiger partial charge in [-0.2, -0.15) is 0 Å². The van der Waals surface area contributed by atoms with Crippen LogP contribution in [0.1, 0.15) is 49.8 Å². The molecule has 2 fully saturated rings. The van der Waals surface area contributed by atoms with Crippen molar-refractivity contribution in [3.05, 3.63) is 23.8 Å². The second-order valence-corrected chi connectivity index (χ2v) is 6.95. The number of nitrogens with zero attached hydrogens (tertiary/aromatic N) is 2. The highest BCUT2D eigenvalue weighted by molar-refractivity contribution is 6.13. The van der Waals surface area contributed by atoms with E-state index in [0.717, 1.165) is 18.5 Å². The Balaban J connectivity index is 2.01. The third-order valence-corrected chi connectivity index (χ3v) is 5.87. The second kappa shape index (κ2) is 3.96. The van der Waals surface area contributed by atoms with Gasteiger partial charge in [-0.25, -0.2) is 9.97 Å². The number of rotatable bonds is 2. The average molecular weight is 272 g/mol. The number of carbonyl (C=O) groups is 2. The predicted molar refractivity (Wildman–Crippen MR) is 74.2 cm³/mol. The average Bonchev–Trinajstić information content (AvgIpc) is 2.70. The zero-order chi connectivity index (χ0) is 14.7. The highest BCUT2D eigenvalue weighted by Gasteiger charge is 2.67. The first-order chi connectivity index (χ1) is 9.29. The Hall–Kier alpha value is -1.58. The van der Waals surface area contributed by atoms with Gasteiger partial charge < -0.3 is 0 Å². The minimum atomic E-state index is -0.516. The maximum Gasteiger partial charge on any atom is 0.192 e. The fourth-order valence-corrected chi connectivity index (χ4v) is 4.14. The van der Waals surface area contributed by atoms with Crippen LogP contribution in [0.3, 0.4) is 0 Å². The molecule has 1 aromatic rings. The van der Waals surface area contributed by atoms with Crippen molar-refractivity contribution >= 4 is 11.6 Å². The van der Waals surface area contributed by atoms with Crippen molar-refractivity contribution < 1.29 is 9.59 Å². The largest absolute Gasteiger partial charge is 0.298 e. The van der Waals surface area contributed by atoms with Crippen molar-refractivity contribution in [2.24, 2.45) is 22.7 Å². The van der Waals surface area contributed by atoms with E-state index in [2.05, 4.69) is 23.8 Å². The zero-order valence-electron chi connectivity index (χ0n) is 12.4. The van der Waals surface area contributed by atoms with E-state index in [9.17, 15) is 9.59 Å². The first-order valence-corrected chi connectivity index (χ1v) is 7.16. The predicted octanol–water partition coefficient (Wildman–Crippen LogP) is 2.61. The fraction of sp³-hybridized carbons (Fsp3) is 0.625. The normalized spacial score (nSPS) is 34.5. The summed E-state index contributed by atoms with van der Waals surface area (Å²) in [6.07, 6.45) is 3.25. The van der Waals surface area contributed by atoms with Crippen molar-refractivity contribution in [1.29, 1.82) is 0 Å². The van der Waals surface area contributed by atoms with Gasteiger partial charge in [0.25, 0.3) is 0 Å². The molecule has 1 heterocycles. The van der Waals surface area contributed by atoms with Gasteiger partial charge in [-0.3, -0.25) is 9.59 Å². The molecule has 0 amide bonds. The number of aromatic nitrogens is 2. The summed E-state index contributed by atoms with van der Waals surface area (Å²) in [5.41, 5.74) is 0.666. The minimum absolute atomic E-state index is 0.105. The van der Waals surface area contributed by atoms with Crippen LogP contribution >= 0.6 is 0 Å². The van der Waals surface area contributed by atoms with Crippen LogP contribution in [0.2, 0.25) is 0 Å². The minimum Gasteiger partial charge on any atom is -0.298 e. The van der Waals surface area contributed by atoms with Gasteiger partial charge in [-0.05, 0) is 37.2 Å². The quantitative estimate of drug-likeness (QED) is 0.613. The van der Waals surface area contributed by atoms with Crippen LogP contribution in [-0.2, 0) is 4.79 Å². The number of fused-ring (bicyclic) bond motifs is 2. The molecular weight excluding hydrogens is 252 g/mol. The molecule has 2 saturated carbocycles. The molecule has 2 bridgehead atoms. The highest BCUT2D eigenvalue weighted by Crippen LogP contribution is 2.66. The number of aryl methyl sites for hydroxylation is 1. The number of hydrogen-bond donors (Lipinski definition) is 0. The van der Waals surface area contributed by atoms with Crippen molar-refractivity contribution in [2.75, 3.05) is 0 Å². The first-order valence-electron chi connectivity index (χ1n) is 7.16. The highest BCUT2D eigenvalue weighted by atomic mass is 16.2. The molecule has 4 heteroatoms. The lowest BCUT2D eigenvalue weighted by atomic mass is 9.70. The summed E-state index contributed by atoms with van der Waals surface area (Å²) in [4.78, 5) is 33.5. The molecule has 0 N–H and O–H groups in total. The third kappa shape index (κ3) is 1.48. The van der Waals surface area contributed by atoms with Gasteiger partial charge >= 0.3 is 0 Å². The summed E-state index contributed by atoms with van der Waals surface area (Å²) >= 11 is 0. The van der Waals surface area contributed by atoms with E-state index in [4.69, 9.17) is 0 Å². The monoisotopic (exact) mass is 272 g/mol. The van der Waals surface area contributed by atoms with Crippen molar-refractivity contribution in [2.45, 2.75) is 40.5 Å². The van der Waals surface area contributed by atoms with Crippen LogP contribution in [0.5, 0.6) is 0 Å². The third-order valence-electron chi connectivity index (χ3n) is 5.87. The SMILES string of the molecule is Cc1cc(C(=O)C2C(=O)C3(C)CCC2C3(C)C)ncn1. The van der Waals surface area contributed by atoms with Crippen molar-refractivity contribution in [3.8, 4) is 0 Å². The van der Waals surface area contributed by atoms with Crippen LogP contribution in [0.25, 0.3) is 0 Å². The van der Waals surface area contributed by atoms with E-state index in [1.165, 1.54) is 6.33 Å². The standard InChI is InChI=1S/C16H20N2O2/c1-9-7-11(18-8-17-9)13(19)12-10-5-6-16(4,14(12)20)15(10,2)3/h7-8,10,12H,5-6H2,1-4H3. The molecule has 2 aliphatic carbocycles. The molecule has 2 aliphatic rings. The smallest absolute Gasteiger partial charge is 0.192 e. The van der Waals surface area contributed by atoms with E-state index < -0.39 is 5.92 Å². The van der Waals surface area contributed by atoms with Crippen LogP contribution in [-0.4, -0.2) is 21.5 Å². The molecule has 1 aromatic heterocycles. The summed E-state index contributed by atoms with van der Waals surface area (Å²) in [5.74, 6) is -0.386. The summed E-state index contributed by atoms with van der Waals surface area (Å²) in [6, 6.07) is 1.68. The molecule has 3 atom stereocenters. The summed E-state index contributed by atoms with van der Waals surface area (Å²) in [5, 5.41) is 0. The second-order valence-electron chi connectivity index (χ2n) is 6.95. The first kappa shape index (κ1) is 13.4. The lowest BCUT2D eigenvalue weighted by molar-refractivity contribution is -0.130. The van der Waals surface area contributed by atoms with Crippen molar-refractivity contribution in [3.63, 3.8) is 0 Å². The number of Topliss-reactive ketones (excluding diaryl/α,β-unsaturated/α-hetero) is 2. The summed E-state index contributed by atoms with van der Waals surface area (Å²) < 4.78 is 0. The molecule has 106 valence electrons. The number of carbonyl (C=O) groups excluding carboxylic acids is 2. The molecule has 20 heavy (non-hydrogen) atoms. The molecule has 0 aliphatic heterocycles. The molecule has 3 rings (SSSR count). The molecule has 0 spiro atoms. The number of hydrogen-bond acceptors (Lipinski definition) is 4. The lowest BCUT2D eigenvalue weighted by Crippen LogP contribution is -2.35. The van der Waals surface area contributed by atoms with Gasteiger partial charge in [0.2, 0.25) is 0 Å². The van der Waals surface area contributed by atoms with Crippen LogP contribution < -0.4 is 0 Å². The Morgan fingerprint density at radius 1 is 1.30 bits per heavy atom. The van der Waals surface area contributed by atoms with Crippen molar-refractivity contribution in [1.82, 2.24) is 9.97 Å². The number of ketones is 2. The zero-order valence-corrected chi connectivity index (χ0v) is 12.4. The Labute approximate surface area is 119 Å². The molecular formula is C16H20N2O2. The Morgan fingerprint density at radius 2 is 2.00 bits per heavy atom. The van der Waals surface area contributed by atoms with E-state index in [0.29, 0.717) is 5.69 Å². The molecule has 0 aromatic carbocycles.